The van der Waals surface area contributed by atoms with Crippen LogP contribution in [0.5, 0.6) is 0 Å². The maximum atomic E-state index is 5.09. The highest BCUT2D eigenvalue weighted by molar-refractivity contribution is 4.95. The zero-order valence-electron chi connectivity index (χ0n) is 10.2. The smallest absolute Gasteiger partial charge is 0.246 e. The maximum absolute atomic E-state index is 5.09. The molecule has 0 aromatic carbocycles. The number of rotatable bonds is 6. The van der Waals surface area contributed by atoms with E-state index in [1.165, 1.54) is 0 Å². The third-order valence-electron chi connectivity index (χ3n) is 2.39. The summed E-state index contributed by atoms with van der Waals surface area (Å²) in [6.45, 7) is 6.27. The molecule has 6 nitrogen and oxygen atoms in total. The van der Waals surface area contributed by atoms with Crippen molar-refractivity contribution in [1.29, 1.82) is 0 Å². The first-order valence-electron chi connectivity index (χ1n) is 5.79. The van der Waals surface area contributed by atoms with Gasteiger partial charge in [-0.1, -0.05) is 12.1 Å². The van der Waals surface area contributed by atoms with E-state index in [0.717, 1.165) is 25.3 Å². The van der Waals surface area contributed by atoms with E-state index in [0.29, 0.717) is 18.3 Å². The minimum Gasteiger partial charge on any atom is -0.337 e. The van der Waals surface area contributed by atoms with Crippen LogP contribution in [0, 0.1) is 6.92 Å². The van der Waals surface area contributed by atoms with Crippen molar-refractivity contribution in [2.75, 3.05) is 6.54 Å². The molecule has 0 spiro atoms. The van der Waals surface area contributed by atoms with Gasteiger partial charge < -0.3 is 14.4 Å². The molecule has 0 amide bonds. The molecule has 92 valence electrons. The summed E-state index contributed by atoms with van der Waals surface area (Å²) >= 11 is 0. The standard InChI is InChI=1S/C11H17N5O/c1-3-4-12-7-10-13-5-6-16(10)8-11-14-9(2)15-17-11/h5-6,12H,3-4,7-8H2,1-2H3. The van der Waals surface area contributed by atoms with Crippen molar-refractivity contribution < 1.29 is 4.52 Å². The van der Waals surface area contributed by atoms with Crippen molar-refractivity contribution in [2.45, 2.75) is 33.4 Å². The van der Waals surface area contributed by atoms with Crippen LogP contribution in [0.2, 0.25) is 0 Å². The van der Waals surface area contributed by atoms with Gasteiger partial charge in [0.25, 0.3) is 0 Å². The predicted molar refractivity (Wildman–Crippen MR) is 62.4 cm³/mol. The van der Waals surface area contributed by atoms with Gasteiger partial charge in [-0.3, -0.25) is 0 Å². The van der Waals surface area contributed by atoms with Crippen molar-refractivity contribution in [3.8, 4) is 0 Å². The van der Waals surface area contributed by atoms with E-state index >= 15 is 0 Å². The number of aryl methyl sites for hydroxylation is 1. The fourth-order valence-corrected chi connectivity index (χ4v) is 1.58. The predicted octanol–water partition coefficient (Wildman–Crippen LogP) is 1.12. The molecule has 2 aromatic rings. The molecule has 0 atom stereocenters. The van der Waals surface area contributed by atoms with Crippen molar-refractivity contribution in [1.82, 2.24) is 25.0 Å². The lowest BCUT2D eigenvalue weighted by Crippen LogP contribution is -2.18. The topological polar surface area (TPSA) is 68.8 Å². The summed E-state index contributed by atoms with van der Waals surface area (Å²) in [4.78, 5) is 8.48. The molecule has 0 aliphatic rings. The van der Waals surface area contributed by atoms with Crippen molar-refractivity contribution >= 4 is 0 Å². The van der Waals surface area contributed by atoms with Crippen LogP contribution in [-0.2, 0) is 13.1 Å². The molecule has 0 aliphatic carbocycles. The molecule has 0 aliphatic heterocycles. The Morgan fingerprint density at radius 1 is 1.47 bits per heavy atom. The van der Waals surface area contributed by atoms with Gasteiger partial charge in [-0.05, 0) is 19.9 Å². The molecule has 1 N–H and O–H groups in total. The summed E-state index contributed by atoms with van der Waals surface area (Å²) in [7, 11) is 0. The number of nitrogens with one attached hydrogen (secondary N) is 1. The van der Waals surface area contributed by atoms with Gasteiger partial charge in [-0.2, -0.15) is 4.98 Å². The summed E-state index contributed by atoms with van der Waals surface area (Å²) in [6, 6.07) is 0. The molecular weight excluding hydrogens is 218 g/mol. The summed E-state index contributed by atoms with van der Waals surface area (Å²) in [5.74, 6) is 2.25. The first-order valence-corrected chi connectivity index (χ1v) is 5.79. The van der Waals surface area contributed by atoms with Gasteiger partial charge in [0.1, 0.15) is 12.4 Å². The Labute approximate surface area is 100 Å². The van der Waals surface area contributed by atoms with Crippen LogP contribution < -0.4 is 5.32 Å². The molecule has 17 heavy (non-hydrogen) atoms. The number of aromatic nitrogens is 4. The van der Waals surface area contributed by atoms with Crippen LogP contribution in [0.4, 0.5) is 0 Å². The second kappa shape index (κ2) is 5.58. The normalized spacial score (nSPS) is 10.9. The lowest BCUT2D eigenvalue weighted by atomic mass is 10.4. The maximum Gasteiger partial charge on any atom is 0.246 e. The largest absolute Gasteiger partial charge is 0.337 e. The molecule has 0 bridgehead atoms. The van der Waals surface area contributed by atoms with Gasteiger partial charge in [0.15, 0.2) is 5.82 Å². The minimum absolute atomic E-state index is 0.573. The Kier molecular flexibility index (Phi) is 3.87. The fourth-order valence-electron chi connectivity index (χ4n) is 1.58. The zero-order chi connectivity index (χ0) is 12.1. The van der Waals surface area contributed by atoms with Crippen molar-refractivity contribution in [2.24, 2.45) is 0 Å². The lowest BCUT2D eigenvalue weighted by Gasteiger charge is -2.05. The van der Waals surface area contributed by atoms with Crippen LogP contribution in [0.1, 0.15) is 30.9 Å². The van der Waals surface area contributed by atoms with Gasteiger partial charge >= 0.3 is 0 Å². The van der Waals surface area contributed by atoms with E-state index in [9.17, 15) is 0 Å². The summed E-state index contributed by atoms with van der Waals surface area (Å²) in [6.07, 6.45) is 4.82. The zero-order valence-corrected chi connectivity index (χ0v) is 10.2. The Hall–Kier alpha value is -1.69. The van der Waals surface area contributed by atoms with E-state index in [1.807, 2.05) is 17.7 Å². The number of imidazole rings is 1. The van der Waals surface area contributed by atoms with Crippen molar-refractivity contribution in [3.63, 3.8) is 0 Å². The Bertz CT molecular complexity index is 462. The Balaban J connectivity index is 1.98. The van der Waals surface area contributed by atoms with Gasteiger partial charge in [0.05, 0.1) is 6.54 Å². The first-order chi connectivity index (χ1) is 8.29. The average molecular weight is 235 g/mol. The van der Waals surface area contributed by atoms with Crippen LogP contribution in [0.25, 0.3) is 0 Å². The van der Waals surface area contributed by atoms with Gasteiger partial charge in [-0.15, -0.1) is 0 Å². The summed E-state index contributed by atoms with van der Waals surface area (Å²) in [5, 5.41) is 7.09. The number of hydrogen-bond acceptors (Lipinski definition) is 5. The third-order valence-corrected chi connectivity index (χ3v) is 2.39. The highest BCUT2D eigenvalue weighted by Crippen LogP contribution is 2.03. The third kappa shape index (κ3) is 3.13. The van der Waals surface area contributed by atoms with Gasteiger partial charge in [-0.25, -0.2) is 4.98 Å². The number of hydrogen-bond donors (Lipinski definition) is 1. The molecule has 0 saturated heterocycles. The summed E-state index contributed by atoms with van der Waals surface area (Å²) in [5.41, 5.74) is 0. The molecule has 0 saturated carbocycles. The highest BCUT2D eigenvalue weighted by Gasteiger charge is 2.07. The monoisotopic (exact) mass is 235 g/mol. The fraction of sp³-hybridized carbons (Fsp3) is 0.545. The molecular formula is C11H17N5O. The molecule has 0 fully saturated rings. The van der Waals surface area contributed by atoms with E-state index in [4.69, 9.17) is 4.52 Å². The Morgan fingerprint density at radius 3 is 3.06 bits per heavy atom. The molecule has 2 heterocycles. The van der Waals surface area contributed by atoms with Gasteiger partial charge in [0.2, 0.25) is 5.89 Å². The highest BCUT2D eigenvalue weighted by atomic mass is 16.5. The van der Waals surface area contributed by atoms with E-state index < -0.39 is 0 Å². The van der Waals surface area contributed by atoms with Crippen molar-refractivity contribution in [3.05, 3.63) is 29.9 Å². The van der Waals surface area contributed by atoms with Crippen LogP contribution in [0.15, 0.2) is 16.9 Å². The first kappa shape index (κ1) is 11.8. The van der Waals surface area contributed by atoms with E-state index in [2.05, 4.69) is 27.4 Å². The second-order valence-corrected chi connectivity index (χ2v) is 3.88. The molecule has 0 unspecified atom stereocenters. The van der Waals surface area contributed by atoms with Crippen LogP contribution in [-0.4, -0.2) is 26.2 Å². The molecule has 2 rings (SSSR count). The Morgan fingerprint density at radius 2 is 2.35 bits per heavy atom. The SMILES string of the molecule is CCCNCc1nccn1Cc1nc(C)no1. The minimum atomic E-state index is 0.573. The molecule has 2 aromatic heterocycles. The second-order valence-electron chi connectivity index (χ2n) is 3.88. The number of nitrogens with zero attached hydrogens (tertiary/aromatic N) is 4. The van der Waals surface area contributed by atoms with E-state index in [1.54, 1.807) is 6.20 Å². The van der Waals surface area contributed by atoms with Gasteiger partial charge in [0, 0.05) is 12.4 Å². The quantitative estimate of drug-likeness (QED) is 0.760. The van der Waals surface area contributed by atoms with Crippen LogP contribution in [0.3, 0.4) is 0 Å². The average Bonchev–Trinajstić information content (AvgIpc) is 2.90. The molecule has 6 heteroatoms. The molecule has 0 radical (unpaired) electrons. The van der Waals surface area contributed by atoms with E-state index in [-0.39, 0.29) is 0 Å². The summed E-state index contributed by atoms with van der Waals surface area (Å²) < 4.78 is 7.10. The van der Waals surface area contributed by atoms with Crippen LogP contribution >= 0.6 is 0 Å². The lowest BCUT2D eigenvalue weighted by molar-refractivity contribution is 0.365.